The summed E-state index contributed by atoms with van der Waals surface area (Å²) in [5.41, 5.74) is 1.19. The van der Waals surface area contributed by atoms with E-state index in [0.717, 1.165) is 48.7 Å². The molecule has 0 unspecified atom stereocenters. The molecule has 1 aliphatic rings. The van der Waals surface area contributed by atoms with Crippen molar-refractivity contribution >= 4 is 22.3 Å². The Bertz CT molecular complexity index is 1110. The van der Waals surface area contributed by atoms with Crippen LogP contribution in [0.2, 0.25) is 0 Å². The van der Waals surface area contributed by atoms with Crippen LogP contribution in [-0.4, -0.2) is 43.5 Å². The van der Waals surface area contributed by atoms with Gasteiger partial charge in [-0.25, -0.2) is 0 Å². The molecule has 170 valence electrons. The number of ether oxygens (including phenoxy) is 1. The third kappa shape index (κ3) is 4.29. The van der Waals surface area contributed by atoms with Crippen molar-refractivity contribution in [3.05, 3.63) is 53.1 Å². The van der Waals surface area contributed by atoms with Gasteiger partial charge in [-0.15, -0.1) is 10.2 Å². The molecular weight excluding hydrogens is 419 g/mol. The number of nitrogens with zero attached hydrogens (tertiary/aromatic N) is 3. The second kappa shape index (κ2) is 8.82. The second-order valence-corrected chi connectivity index (χ2v) is 7.91. The zero-order valence-electron chi connectivity index (χ0n) is 18.3. The number of hydrogen-bond acceptors (Lipinski definition) is 6. The minimum absolute atomic E-state index is 0.201. The molecule has 9 heteroatoms. The molecule has 32 heavy (non-hydrogen) atoms. The summed E-state index contributed by atoms with van der Waals surface area (Å²) in [7, 11) is 1.54. The Balaban J connectivity index is 1.72. The van der Waals surface area contributed by atoms with E-state index in [0.29, 0.717) is 17.3 Å². The van der Waals surface area contributed by atoms with Crippen LogP contribution in [0.4, 0.5) is 24.7 Å². The molecule has 0 radical (unpaired) electrons. The molecule has 0 amide bonds. The van der Waals surface area contributed by atoms with E-state index in [9.17, 15) is 13.2 Å². The van der Waals surface area contributed by atoms with Crippen molar-refractivity contribution in [3.8, 4) is 5.88 Å². The number of piperazine rings is 1. The molecule has 2 aromatic carbocycles. The van der Waals surface area contributed by atoms with Gasteiger partial charge < -0.3 is 20.3 Å². The molecule has 2 heterocycles. The summed E-state index contributed by atoms with van der Waals surface area (Å²) >= 11 is 0. The van der Waals surface area contributed by atoms with E-state index in [1.807, 2.05) is 25.1 Å². The average Bonchev–Trinajstić information content (AvgIpc) is 2.79. The van der Waals surface area contributed by atoms with Crippen LogP contribution in [0, 0.1) is 6.92 Å². The standard InChI is InChI=1S/C23H26F3N5O/c1-14-17(5-4-6-20(14)23(24,25)26)15(2)28-21-19-13-16(31-11-9-27-10-12-31)7-8-18(19)22(32-3)30-29-21/h4-8,13,15,27H,9-12H2,1-3H3,(H,28,29)/t15-/m1/s1. The highest BCUT2D eigenvalue weighted by molar-refractivity contribution is 5.97. The van der Waals surface area contributed by atoms with Gasteiger partial charge in [0.05, 0.1) is 18.7 Å². The van der Waals surface area contributed by atoms with E-state index in [1.165, 1.54) is 20.1 Å². The molecule has 3 aromatic rings. The monoisotopic (exact) mass is 445 g/mol. The van der Waals surface area contributed by atoms with Gasteiger partial charge in [0.1, 0.15) is 0 Å². The number of aromatic nitrogens is 2. The summed E-state index contributed by atoms with van der Waals surface area (Å²) in [5, 5.41) is 16.7. The van der Waals surface area contributed by atoms with Crippen LogP contribution < -0.4 is 20.3 Å². The van der Waals surface area contributed by atoms with Crippen molar-refractivity contribution in [3.63, 3.8) is 0 Å². The highest BCUT2D eigenvalue weighted by Gasteiger charge is 2.33. The van der Waals surface area contributed by atoms with Gasteiger partial charge in [-0.05, 0) is 49.2 Å². The van der Waals surface area contributed by atoms with Crippen molar-refractivity contribution in [2.45, 2.75) is 26.1 Å². The minimum atomic E-state index is -4.40. The molecule has 1 saturated heterocycles. The van der Waals surface area contributed by atoms with Gasteiger partial charge in [0.25, 0.3) is 0 Å². The number of rotatable bonds is 5. The molecule has 0 saturated carbocycles. The van der Waals surface area contributed by atoms with Crippen LogP contribution >= 0.6 is 0 Å². The lowest BCUT2D eigenvalue weighted by Gasteiger charge is -2.30. The Kier molecular flexibility index (Phi) is 6.10. The summed E-state index contributed by atoms with van der Waals surface area (Å²) in [6.07, 6.45) is -4.40. The van der Waals surface area contributed by atoms with Crippen LogP contribution in [0.1, 0.15) is 29.7 Å². The van der Waals surface area contributed by atoms with Gasteiger partial charge in [-0.2, -0.15) is 13.2 Å². The first-order chi connectivity index (χ1) is 15.3. The fraction of sp³-hybridized carbons (Fsp3) is 0.391. The maximum Gasteiger partial charge on any atom is 0.416 e. The number of benzene rings is 2. The first kappa shape index (κ1) is 22.1. The van der Waals surface area contributed by atoms with Crippen molar-refractivity contribution in [2.75, 3.05) is 43.5 Å². The zero-order valence-corrected chi connectivity index (χ0v) is 18.3. The van der Waals surface area contributed by atoms with Crippen molar-refractivity contribution < 1.29 is 17.9 Å². The van der Waals surface area contributed by atoms with E-state index in [2.05, 4.69) is 25.7 Å². The zero-order chi connectivity index (χ0) is 22.9. The van der Waals surface area contributed by atoms with Crippen LogP contribution in [-0.2, 0) is 6.18 Å². The van der Waals surface area contributed by atoms with Gasteiger partial charge in [0.15, 0.2) is 5.82 Å². The van der Waals surface area contributed by atoms with Gasteiger partial charge in [0.2, 0.25) is 5.88 Å². The lowest BCUT2D eigenvalue weighted by molar-refractivity contribution is -0.138. The fourth-order valence-electron chi connectivity index (χ4n) is 4.21. The van der Waals surface area contributed by atoms with E-state index < -0.39 is 17.8 Å². The minimum Gasteiger partial charge on any atom is -0.479 e. The van der Waals surface area contributed by atoms with Gasteiger partial charge in [0, 0.05) is 42.6 Å². The van der Waals surface area contributed by atoms with E-state index >= 15 is 0 Å². The summed E-state index contributed by atoms with van der Waals surface area (Å²) in [6, 6.07) is 9.84. The number of alkyl halides is 3. The SMILES string of the molecule is COc1nnc(N[C@H](C)c2cccc(C(F)(F)F)c2C)c2cc(N3CCNCC3)ccc12. The number of fused-ring (bicyclic) bond motifs is 1. The van der Waals surface area contributed by atoms with E-state index in [-0.39, 0.29) is 5.56 Å². The molecular formula is C23H26F3N5O. The van der Waals surface area contributed by atoms with Gasteiger partial charge >= 0.3 is 6.18 Å². The van der Waals surface area contributed by atoms with Gasteiger partial charge in [-0.1, -0.05) is 12.1 Å². The normalized spacial score (nSPS) is 15.6. The molecule has 1 aliphatic heterocycles. The van der Waals surface area contributed by atoms with E-state index in [4.69, 9.17) is 4.74 Å². The highest BCUT2D eigenvalue weighted by atomic mass is 19.4. The molecule has 1 atom stereocenters. The molecule has 1 aromatic heterocycles. The quantitative estimate of drug-likeness (QED) is 0.601. The first-order valence-electron chi connectivity index (χ1n) is 10.5. The third-order valence-corrected chi connectivity index (χ3v) is 5.91. The van der Waals surface area contributed by atoms with Crippen molar-refractivity contribution in [2.24, 2.45) is 0 Å². The maximum absolute atomic E-state index is 13.4. The smallest absolute Gasteiger partial charge is 0.416 e. The molecule has 4 rings (SSSR count). The summed E-state index contributed by atoms with van der Waals surface area (Å²) < 4.78 is 45.5. The Hall–Kier alpha value is -3.07. The first-order valence-corrected chi connectivity index (χ1v) is 10.5. The molecule has 1 fully saturated rings. The Morgan fingerprint density at radius 2 is 1.84 bits per heavy atom. The molecule has 0 aliphatic carbocycles. The Morgan fingerprint density at radius 3 is 2.53 bits per heavy atom. The summed E-state index contributed by atoms with van der Waals surface area (Å²) in [4.78, 5) is 2.28. The summed E-state index contributed by atoms with van der Waals surface area (Å²) in [6.45, 7) is 6.92. The molecule has 0 bridgehead atoms. The summed E-state index contributed by atoms with van der Waals surface area (Å²) in [5.74, 6) is 0.905. The maximum atomic E-state index is 13.4. The predicted molar refractivity (Wildman–Crippen MR) is 119 cm³/mol. The Morgan fingerprint density at radius 1 is 1.09 bits per heavy atom. The fourth-order valence-corrected chi connectivity index (χ4v) is 4.21. The van der Waals surface area contributed by atoms with Crippen LogP contribution in [0.25, 0.3) is 10.8 Å². The second-order valence-electron chi connectivity index (χ2n) is 7.91. The van der Waals surface area contributed by atoms with Crippen LogP contribution in [0.15, 0.2) is 36.4 Å². The lowest BCUT2D eigenvalue weighted by Crippen LogP contribution is -2.43. The largest absolute Gasteiger partial charge is 0.479 e. The molecule has 0 spiro atoms. The molecule has 2 N–H and O–H groups in total. The Labute approximate surface area is 184 Å². The van der Waals surface area contributed by atoms with Crippen molar-refractivity contribution in [1.29, 1.82) is 0 Å². The van der Waals surface area contributed by atoms with E-state index in [1.54, 1.807) is 6.07 Å². The third-order valence-electron chi connectivity index (χ3n) is 5.91. The number of methoxy groups -OCH3 is 1. The van der Waals surface area contributed by atoms with Crippen molar-refractivity contribution in [1.82, 2.24) is 15.5 Å². The highest BCUT2D eigenvalue weighted by Crippen LogP contribution is 2.36. The van der Waals surface area contributed by atoms with Gasteiger partial charge in [-0.3, -0.25) is 0 Å². The molecule has 6 nitrogen and oxygen atoms in total. The predicted octanol–water partition coefficient (Wildman–Crippen LogP) is 4.55. The number of nitrogens with one attached hydrogen (secondary N) is 2. The average molecular weight is 445 g/mol. The number of halogens is 3. The number of anilines is 2. The van der Waals surface area contributed by atoms with Crippen LogP contribution in [0.5, 0.6) is 5.88 Å². The lowest BCUT2D eigenvalue weighted by atomic mass is 9.97. The topological polar surface area (TPSA) is 62.3 Å². The van der Waals surface area contributed by atoms with Crippen LogP contribution in [0.3, 0.4) is 0 Å². The number of hydrogen-bond donors (Lipinski definition) is 2.